The molecule has 1 atom stereocenters. The van der Waals surface area contributed by atoms with Gasteiger partial charge in [0, 0.05) is 11.8 Å². The van der Waals surface area contributed by atoms with Crippen LogP contribution in [0.25, 0.3) is 0 Å². The molecular weight excluding hydrogens is 184 g/mol. The number of rotatable bonds is 3. The van der Waals surface area contributed by atoms with E-state index in [-0.39, 0.29) is 0 Å². The lowest BCUT2D eigenvalue weighted by Gasteiger charge is -2.09. The molecule has 0 aromatic carbocycles. The lowest BCUT2D eigenvalue weighted by molar-refractivity contribution is -0.138. The Morgan fingerprint density at radius 3 is 2.79 bits per heavy atom. The number of carboxylic acid groups (broad SMARTS) is 1. The zero-order valence-electron chi connectivity index (χ0n) is 8.02. The summed E-state index contributed by atoms with van der Waals surface area (Å²) < 4.78 is 4.94. The molecule has 0 radical (unpaired) electrons. The van der Waals surface area contributed by atoms with E-state index in [0.29, 0.717) is 11.4 Å². The van der Waals surface area contributed by atoms with Crippen molar-refractivity contribution in [3.8, 4) is 5.88 Å². The van der Waals surface area contributed by atoms with Crippen molar-refractivity contribution in [1.29, 1.82) is 0 Å². The SMILES string of the molecule is COc1ncc(C(N)C(=O)O)cc1C. The van der Waals surface area contributed by atoms with Crippen molar-refractivity contribution >= 4 is 5.97 Å². The third-order valence-corrected chi connectivity index (χ3v) is 1.87. The highest BCUT2D eigenvalue weighted by molar-refractivity contribution is 5.75. The molecule has 1 rings (SSSR count). The van der Waals surface area contributed by atoms with Crippen LogP contribution in [0.15, 0.2) is 12.3 Å². The summed E-state index contributed by atoms with van der Waals surface area (Å²) in [7, 11) is 1.51. The van der Waals surface area contributed by atoms with Crippen LogP contribution in [0.2, 0.25) is 0 Å². The van der Waals surface area contributed by atoms with Gasteiger partial charge in [-0.25, -0.2) is 4.98 Å². The van der Waals surface area contributed by atoms with Gasteiger partial charge in [-0.15, -0.1) is 0 Å². The second kappa shape index (κ2) is 4.06. The number of nitrogens with two attached hydrogens (primary N) is 1. The van der Waals surface area contributed by atoms with Gasteiger partial charge in [-0.3, -0.25) is 4.79 Å². The molecular formula is C9H12N2O3. The minimum atomic E-state index is -1.07. The molecule has 0 bridgehead atoms. The maximum absolute atomic E-state index is 10.6. The summed E-state index contributed by atoms with van der Waals surface area (Å²) in [5.41, 5.74) is 6.65. The highest BCUT2D eigenvalue weighted by Crippen LogP contribution is 2.18. The van der Waals surface area contributed by atoms with E-state index < -0.39 is 12.0 Å². The second-order valence-corrected chi connectivity index (χ2v) is 2.91. The molecule has 1 aromatic rings. The average Bonchev–Trinajstić information content (AvgIpc) is 2.16. The first-order chi connectivity index (χ1) is 6.56. The summed E-state index contributed by atoms with van der Waals surface area (Å²) in [6.45, 7) is 1.78. The first-order valence-electron chi connectivity index (χ1n) is 4.05. The number of pyridine rings is 1. The fraction of sp³-hybridized carbons (Fsp3) is 0.333. The maximum atomic E-state index is 10.6. The predicted octanol–water partition coefficient (Wildman–Crippen LogP) is 0.483. The van der Waals surface area contributed by atoms with Crippen LogP contribution < -0.4 is 10.5 Å². The van der Waals surface area contributed by atoms with Gasteiger partial charge in [-0.2, -0.15) is 0 Å². The fourth-order valence-electron chi connectivity index (χ4n) is 1.11. The van der Waals surface area contributed by atoms with Crippen LogP contribution in [0.5, 0.6) is 5.88 Å². The van der Waals surface area contributed by atoms with Crippen molar-refractivity contribution in [3.63, 3.8) is 0 Å². The Balaban J connectivity index is 3.02. The standard InChI is InChI=1S/C9H12N2O3/c1-5-3-6(7(10)9(12)13)4-11-8(5)14-2/h3-4,7H,10H2,1-2H3,(H,12,13). The van der Waals surface area contributed by atoms with E-state index in [4.69, 9.17) is 15.6 Å². The molecule has 0 amide bonds. The molecule has 0 aliphatic rings. The summed E-state index contributed by atoms with van der Waals surface area (Å²) >= 11 is 0. The number of nitrogens with zero attached hydrogens (tertiary/aromatic N) is 1. The molecule has 5 nitrogen and oxygen atoms in total. The van der Waals surface area contributed by atoms with Crippen LogP contribution in [-0.2, 0) is 4.79 Å². The Morgan fingerprint density at radius 2 is 2.36 bits per heavy atom. The van der Waals surface area contributed by atoms with Gasteiger partial charge in [0.2, 0.25) is 5.88 Å². The highest BCUT2D eigenvalue weighted by Gasteiger charge is 2.15. The third-order valence-electron chi connectivity index (χ3n) is 1.87. The number of carbonyl (C=O) groups is 1. The van der Waals surface area contributed by atoms with Gasteiger partial charge in [-0.1, -0.05) is 0 Å². The molecule has 1 unspecified atom stereocenters. The van der Waals surface area contributed by atoms with E-state index in [9.17, 15) is 4.79 Å². The van der Waals surface area contributed by atoms with Gasteiger partial charge in [0.25, 0.3) is 0 Å². The Bertz CT molecular complexity index is 352. The quantitative estimate of drug-likeness (QED) is 0.734. The largest absolute Gasteiger partial charge is 0.481 e. The number of aryl methyl sites for hydroxylation is 1. The fourth-order valence-corrected chi connectivity index (χ4v) is 1.11. The minimum absolute atomic E-state index is 0.468. The van der Waals surface area contributed by atoms with Gasteiger partial charge in [-0.05, 0) is 18.6 Å². The summed E-state index contributed by atoms with van der Waals surface area (Å²) in [6.07, 6.45) is 1.41. The lowest BCUT2D eigenvalue weighted by Crippen LogP contribution is -2.20. The molecule has 0 aliphatic carbocycles. The van der Waals surface area contributed by atoms with E-state index in [2.05, 4.69) is 4.98 Å². The molecule has 0 aliphatic heterocycles. The molecule has 1 heterocycles. The van der Waals surface area contributed by atoms with Crippen LogP contribution >= 0.6 is 0 Å². The van der Waals surface area contributed by atoms with Gasteiger partial charge in [0.15, 0.2) is 0 Å². The number of methoxy groups -OCH3 is 1. The molecule has 76 valence electrons. The first-order valence-corrected chi connectivity index (χ1v) is 4.05. The molecule has 3 N–H and O–H groups in total. The van der Waals surface area contributed by atoms with Crippen molar-refractivity contribution in [2.24, 2.45) is 5.73 Å². The summed E-state index contributed by atoms with van der Waals surface area (Å²) in [5, 5.41) is 8.67. The molecule has 0 fully saturated rings. The third kappa shape index (κ3) is 2.00. The molecule has 5 heteroatoms. The van der Waals surface area contributed by atoms with E-state index in [1.54, 1.807) is 13.0 Å². The Kier molecular flexibility index (Phi) is 3.03. The molecule has 14 heavy (non-hydrogen) atoms. The van der Waals surface area contributed by atoms with Crippen LogP contribution in [-0.4, -0.2) is 23.2 Å². The topological polar surface area (TPSA) is 85.4 Å². The van der Waals surface area contributed by atoms with E-state index in [1.807, 2.05) is 0 Å². The number of hydrogen-bond acceptors (Lipinski definition) is 4. The first kappa shape index (κ1) is 10.5. The predicted molar refractivity (Wildman–Crippen MR) is 50.1 cm³/mol. The van der Waals surface area contributed by atoms with Crippen molar-refractivity contribution in [2.75, 3.05) is 7.11 Å². The van der Waals surface area contributed by atoms with Crippen LogP contribution in [0.3, 0.4) is 0 Å². The molecule has 1 aromatic heterocycles. The number of ether oxygens (including phenoxy) is 1. The number of carboxylic acids is 1. The summed E-state index contributed by atoms with van der Waals surface area (Å²) in [4.78, 5) is 14.5. The Labute approximate surface area is 81.5 Å². The maximum Gasteiger partial charge on any atom is 0.325 e. The van der Waals surface area contributed by atoms with Gasteiger partial charge < -0.3 is 15.6 Å². The smallest absolute Gasteiger partial charge is 0.325 e. The van der Waals surface area contributed by atoms with Crippen molar-refractivity contribution < 1.29 is 14.6 Å². The normalized spacial score (nSPS) is 12.2. The van der Waals surface area contributed by atoms with E-state index >= 15 is 0 Å². The zero-order chi connectivity index (χ0) is 10.7. The van der Waals surface area contributed by atoms with E-state index in [1.165, 1.54) is 13.3 Å². The van der Waals surface area contributed by atoms with Crippen molar-refractivity contribution in [2.45, 2.75) is 13.0 Å². The summed E-state index contributed by atoms with van der Waals surface area (Å²) in [5.74, 6) is -0.595. The van der Waals surface area contributed by atoms with E-state index in [0.717, 1.165) is 5.56 Å². The lowest BCUT2D eigenvalue weighted by atomic mass is 10.1. The van der Waals surface area contributed by atoms with Crippen molar-refractivity contribution in [3.05, 3.63) is 23.4 Å². The highest BCUT2D eigenvalue weighted by atomic mass is 16.5. The van der Waals surface area contributed by atoms with Gasteiger partial charge in [0.1, 0.15) is 6.04 Å². The van der Waals surface area contributed by atoms with Crippen LogP contribution in [0.1, 0.15) is 17.2 Å². The number of hydrogen-bond donors (Lipinski definition) is 2. The van der Waals surface area contributed by atoms with Gasteiger partial charge in [0.05, 0.1) is 7.11 Å². The van der Waals surface area contributed by atoms with Gasteiger partial charge >= 0.3 is 5.97 Å². The van der Waals surface area contributed by atoms with Crippen LogP contribution in [0, 0.1) is 6.92 Å². The monoisotopic (exact) mass is 196 g/mol. The minimum Gasteiger partial charge on any atom is -0.481 e. The number of aromatic nitrogens is 1. The Morgan fingerprint density at radius 1 is 1.71 bits per heavy atom. The molecule has 0 saturated heterocycles. The van der Waals surface area contributed by atoms with Crippen LogP contribution in [0.4, 0.5) is 0 Å². The molecule has 0 spiro atoms. The average molecular weight is 196 g/mol. The number of aliphatic carboxylic acids is 1. The second-order valence-electron chi connectivity index (χ2n) is 2.91. The zero-order valence-corrected chi connectivity index (χ0v) is 8.02. The Hall–Kier alpha value is -1.62. The van der Waals surface area contributed by atoms with Crippen molar-refractivity contribution in [1.82, 2.24) is 4.98 Å². The summed E-state index contributed by atoms with van der Waals surface area (Å²) in [6, 6.07) is 0.622. The molecule has 0 saturated carbocycles.